The lowest BCUT2D eigenvalue weighted by molar-refractivity contribution is 0.0940. The van der Waals surface area contributed by atoms with E-state index in [0.29, 0.717) is 28.5 Å². The van der Waals surface area contributed by atoms with Crippen molar-refractivity contribution in [2.24, 2.45) is 0 Å². The van der Waals surface area contributed by atoms with Crippen LogP contribution < -0.4 is 19.5 Å². The molecule has 0 spiro atoms. The van der Waals surface area contributed by atoms with Crippen LogP contribution in [0.4, 0.5) is 0 Å². The molecule has 4 aromatic rings. The number of methoxy groups -OCH3 is 3. The summed E-state index contributed by atoms with van der Waals surface area (Å²) in [6.45, 7) is 1.91. The van der Waals surface area contributed by atoms with Gasteiger partial charge in [-0.05, 0) is 43.3 Å². The van der Waals surface area contributed by atoms with Gasteiger partial charge in [0, 0.05) is 23.4 Å². The maximum Gasteiger partial charge on any atom is 0.255 e. The zero-order valence-corrected chi connectivity index (χ0v) is 19.6. The van der Waals surface area contributed by atoms with Crippen molar-refractivity contribution in [3.8, 4) is 34.2 Å². The first-order valence-corrected chi connectivity index (χ1v) is 10.9. The van der Waals surface area contributed by atoms with Crippen molar-refractivity contribution in [1.29, 1.82) is 0 Å². The van der Waals surface area contributed by atoms with Crippen LogP contribution in [0.15, 0.2) is 79.0 Å². The Balaban J connectivity index is 1.73. The molecule has 1 atom stereocenters. The van der Waals surface area contributed by atoms with E-state index in [1.54, 1.807) is 38.3 Å². The predicted molar refractivity (Wildman–Crippen MR) is 131 cm³/mol. The Bertz CT molecular complexity index is 1280. The summed E-state index contributed by atoms with van der Waals surface area (Å²) in [5.74, 6) is 1.70. The smallest absolute Gasteiger partial charge is 0.255 e. The molecular weight excluding hydrogens is 430 g/mol. The van der Waals surface area contributed by atoms with Crippen LogP contribution in [0, 0.1) is 0 Å². The number of amides is 1. The number of benzene rings is 3. The normalized spacial score (nSPS) is 11.5. The van der Waals surface area contributed by atoms with Crippen molar-refractivity contribution in [2.75, 3.05) is 21.3 Å². The monoisotopic (exact) mass is 457 g/mol. The molecule has 0 aliphatic carbocycles. The molecule has 1 heterocycles. The number of hydrogen-bond acceptors (Lipinski definition) is 5. The van der Waals surface area contributed by atoms with E-state index in [4.69, 9.17) is 19.3 Å². The second-order valence-electron chi connectivity index (χ2n) is 7.67. The zero-order chi connectivity index (χ0) is 24.1. The molecule has 1 N–H and O–H groups in total. The first-order valence-electron chi connectivity index (χ1n) is 10.9. The highest BCUT2D eigenvalue weighted by Crippen LogP contribution is 2.33. The SMILES string of the molecule is COc1ccc(C(C)NC(=O)c2cn(-c3ccccc3)nc2-c2ccccc2OC)c(OC)c1. The number of aromatic nitrogens is 2. The Hall–Kier alpha value is -4.26. The van der Waals surface area contributed by atoms with Crippen molar-refractivity contribution in [3.63, 3.8) is 0 Å². The lowest BCUT2D eigenvalue weighted by Crippen LogP contribution is -2.27. The number of para-hydroxylation sites is 2. The summed E-state index contributed by atoms with van der Waals surface area (Å²) < 4.78 is 18.0. The Morgan fingerprint density at radius 1 is 0.882 bits per heavy atom. The molecule has 3 aromatic carbocycles. The summed E-state index contributed by atoms with van der Waals surface area (Å²) in [4.78, 5) is 13.5. The Kier molecular flexibility index (Phi) is 6.82. The van der Waals surface area contributed by atoms with Crippen LogP contribution in [-0.4, -0.2) is 37.0 Å². The van der Waals surface area contributed by atoms with Crippen LogP contribution in [0.1, 0.15) is 28.9 Å². The molecule has 0 aliphatic heterocycles. The fraction of sp³-hybridized carbons (Fsp3) is 0.185. The van der Waals surface area contributed by atoms with Crippen LogP contribution in [0.2, 0.25) is 0 Å². The molecule has 4 rings (SSSR count). The van der Waals surface area contributed by atoms with E-state index in [-0.39, 0.29) is 11.9 Å². The van der Waals surface area contributed by atoms with Gasteiger partial charge in [-0.25, -0.2) is 4.68 Å². The highest BCUT2D eigenvalue weighted by Gasteiger charge is 2.23. The number of ether oxygens (including phenoxy) is 3. The van der Waals surface area contributed by atoms with Crippen molar-refractivity contribution in [1.82, 2.24) is 15.1 Å². The topological polar surface area (TPSA) is 74.6 Å². The number of hydrogen-bond donors (Lipinski definition) is 1. The lowest BCUT2D eigenvalue weighted by atomic mass is 10.0. The minimum absolute atomic E-state index is 0.256. The van der Waals surface area contributed by atoms with Crippen molar-refractivity contribution < 1.29 is 19.0 Å². The highest BCUT2D eigenvalue weighted by atomic mass is 16.5. The van der Waals surface area contributed by atoms with Crippen molar-refractivity contribution in [3.05, 3.63) is 90.1 Å². The van der Waals surface area contributed by atoms with E-state index < -0.39 is 0 Å². The molecule has 174 valence electrons. The quantitative estimate of drug-likeness (QED) is 0.401. The molecule has 0 saturated carbocycles. The molecule has 1 unspecified atom stereocenters. The Morgan fingerprint density at radius 2 is 1.59 bits per heavy atom. The summed E-state index contributed by atoms with van der Waals surface area (Å²) in [5.41, 5.74) is 3.40. The number of nitrogens with zero attached hydrogens (tertiary/aromatic N) is 2. The van der Waals surface area contributed by atoms with E-state index in [2.05, 4.69) is 5.32 Å². The molecule has 7 heteroatoms. The van der Waals surface area contributed by atoms with Gasteiger partial charge in [-0.1, -0.05) is 30.3 Å². The van der Waals surface area contributed by atoms with Crippen molar-refractivity contribution in [2.45, 2.75) is 13.0 Å². The minimum atomic E-state index is -0.320. The predicted octanol–water partition coefficient (Wildman–Crippen LogP) is 5.06. The maximum absolute atomic E-state index is 13.5. The van der Waals surface area contributed by atoms with Crippen LogP contribution in [0.3, 0.4) is 0 Å². The summed E-state index contributed by atoms with van der Waals surface area (Å²) in [6, 6.07) is 22.4. The third-order valence-electron chi connectivity index (χ3n) is 5.60. The van der Waals surface area contributed by atoms with Crippen LogP contribution in [0.5, 0.6) is 17.2 Å². The summed E-state index contributed by atoms with van der Waals surface area (Å²) >= 11 is 0. The molecular formula is C27H27N3O4. The van der Waals surface area contributed by atoms with Gasteiger partial charge in [-0.15, -0.1) is 0 Å². The minimum Gasteiger partial charge on any atom is -0.497 e. The average Bonchev–Trinajstić information content (AvgIpc) is 3.34. The van der Waals surface area contributed by atoms with Gasteiger partial charge in [0.25, 0.3) is 5.91 Å². The number of carbonyl (C=O) groups excluding carboxylic acids is 1. The van der Waals surface area contributed by atoms with Crippen molar-refractivity contribution >= 4 is 5.91 Å². The number of carbonyl (C=O) groups is 1. The molecule has 34 heavy (non-hydrogen) atoms. The van der Waals surface area contributed by atoms with Gasteiger partial charge in [0.05, 0.1) is 38.6 Å². The molecule has 0 aliphatic rings. The first kappa shape index (κ1) is 22.9. The van der Waals surface area contributed by atoms with Gasteiger partial charge in [-0.3, -0.25) is 4.79 Å². The first-order chi connectivity index (χ1) is 16.5. The van der Waals surface area contributed by atoms with Gasteiger partial charge in [0.15, 0.2) is 0 Å². The molecule has 1 aromatic heterocycles. The van der Waals surface area contributed by atoms with E-state index in [1.807, 2.05) is 73.7 Å². The number of nitrogens with one attached hydrogen (secondary N) is 1. The highest BCUT2D eigenvalue weighted by molar-refractivity contribution is 6.00. The molecule has 0 radical (unpaired) electrons. The van der Waals surface area contributed by atoms with Crippen LogP contribution in [-0.2, 0) is 0 Å². The fourth-order valence-corrected chi connectivity index (χ4v) is 3.82. The Labute approximate surface area is 198 Å². The average molecular weight is 458 g/mol. The zero-order valence-electron chi connectivity index (χ0n) is 19.6. The molecule has 0 bridgehead atoms. The Morgan fingerprint density at radius 3 is 2.29 bits per heavy atom. The van der Waals surface area contributed by atoms with E-state index in [1.165, 1.54) is 0 Å². The molecule has 1 amide bonds. The molecule has 0 fully saturated rings. The summed E-state index contributed by atoms with van der Waals surface area (Å²) in [5, 5.41) is 7.83. The summed E-state index contributed by atoms with van der Waals surface area (Å²) in [6.07, 6.45) is 1.74. The third kappa shape index (κ3) is 4.59. The second-order valence-corrected chi connectivity index (χ2v) is 7.67. The van der Waals surface area contributed by atoms with Gasteiger partial charge < -0.3 is 19.5 Å². The number of rotatable bonds is 8. The lowest BCUT2D eigenvalue weighted by Gasteiger charge is -2.18. The maximum atomic E-state index is 13.5. The van der Waals surface area contributed by atoms with Crippen LogP contribution >= 0.6 is 0 Å². The largest absolute Gasteiger partial charge is 0.497 e. The van der Waals surface area contributed by atoms with E-state index in [9.17, 15) is 4.79 Å². The van der Waals surface area contributed by atoms with Crippen LogP contribution in [0.25, 0.3) is 16.9 Å². The van der Waals surface area contributed by atoms with Gasteiger partial charge in [-0.2, -0.15) is 5.10 Å². The van der Waals surface area contributed by atoms with Gasteiger partial charge in [0.2, 0.25) is 0 Å². The fourth-order valence-electron chi connectivity index (χ4n) is 3.82. The summed E-state index contributed by atoms with van der Waals surface area (Å²) in [7, 11) is 4.80. The second kappa shape index (κ2) is 10.1. The van der Waals surface area contributed by atoms with Gasteiger partial charge in [0.1, 0.15) is 22.9 Å². The molecule has 0 saturated heterocycles. The van der Waals surface area contributed by atoms with E-state index in [0.717, 1.165) is 16.8 Å². The third-order valence-corrected chi connectivity index (χ3v) is 5.60. The molecule has 7 nitrogen and oxygen atoms in total. The standard InChI is InChI=1S/C27H27N3O4/c1-18(21-15-14-20(32-2)16-25(21)34-4)28-27(31)23-17-30(19-10-6-5-7-11-19)29-26(23)22-12-8-9-13-24(22)33-3/h5-18H,1-4H3,(H,28,31). The van der Waals surface area contributed by atoms with Gasteiger partial charge >= 0.3 is 0 Å². The van der Waals surface area contributed by atoms with E-state index >= 15 is 0 Å².